The van der Waals surface area contributed by atoms with Crippen molar-refractivity contribution in [2.24, 2.45) is 5.92 Å². The van der Waals surface area contributed by atoms with E-state index >= 15 is 0 Å². The predicted octanol–water partition coefficient (Wildman–Crippen LogP) is 2.93. The number of fused-ring (bicyclic) bond motifs is 1. The Morgan fingerprint density at radius 2 is 1.96 bits per heavy atom. The lowest BCUT2D eigenvalue weighted by Gasteiger charge is -2.46. The largest absolute Gasteiger partial charge is 0.338 e. The smallest absolute Gasteiger partial charge is 0.255 e. The molecule has 0 saturated carbocycles. The number of sulfonamides is 1. The molecular formula is C20H30ClN3O3S. The van der Waals surface area contributed by atoms with Crippen molar-refractivity contribution in [3.05, 3.63) is 28.8 Å². The van der Waals surface area contributed by atoms with Crippen LogP contribution in [-0.2, 0) is 10.0 Å². The van der Waals surface area contributed by atoms with Crippen LogP contribution in [0.25, 0.3) is 0 Å². The lowest BCUT2D eigenvalue weighted by Crippen LogP contribution is -2.53. The lowest BCUT2D eigenvalue weighted by atomic mass is 9.84. The van der Waals surface area contributed by atoms with Crippen molar-refractivity contribution in [2.75, 3.05) is 33.7 Å². The van der Waals surface area contributed by atoms with Gasteiger partial charge in [-0.15, -0.1) is 0 Å². The monoisotopic (exact) mass is 427 g/mol. The van der Waals surface area contributed by atoms with Gasteiger partial charge in [-0.3, -0.25) is 4.79 Å². The molecule has 0 N–H and O–H groups in total. The summed E-state index contributed by atoms with van der Waals surface area (Å²) in [5.74, 6) is 0.287. The molecule has 2 atom stereocenters. The summed E-state index contributed by atoms with van der Waals surface area (Å²) < 4.78 is 26.9. The Hall–Kier alpha value is -1.15. The summed E-state index contributed by atoms with van der Waals surface area (Å²) in [6.45, 7) is 6.11. The Bertz CT molecular complexity index is 843. The average Bonchev–Trinajstić information content (AvgIpc) is 2.66. The van der Waals surface area contributed by atoms with Crippen molar-refractivity contribution in [2.45, 2.75) is 50.1 Å². The molecule has 1 aromatic carbocycles. The number of hydrogen-bond donors (Lipinski definition) is 0. The Morgan fingerprint density at radius 3 is 2.64 bits per heavy atom. The third-order valence-corrected chi connectivity index (χ3v) is 8.56. The minimum atomic E-state index is -3.67. The van der Waals surface area contributed by atoms with E-state index in [9.17, 15) is 13.2 Å². The van der Waals surface area contributed by atoms with Gasteiger partial charge in [0.1, 0.15) is 0 Å². The van der Waals surface area contributed by atoms with Gasteiger partial charge < -0.3 is 9.80 Å². The van der Waals surface area contributed by atoms with Crippen LogP contribution >= 0.6 is 11.6 Å². The molecule has 0 aromatic heterocycles. The highest BCUT2D eigenvalue weighted by molar-refractivity contribution is 7.89. The third-order valence-electron chi connectivity index (χ3n) is 6.21. The standard InChI is InChI=1S/C20H30ClN3O3S/c1-14(2)23(4)28(26,27)16-7-8-18(21)17(12-16)20(25)24-11-9-19-15(13-24)6-5-10-22(19)3/h7-8,12,14-15,19H,5-6,9-11,13H2,1-4H3/t15-,19-/m0/s1. The lowest BCUT2D eigenvalue weighted by molar-refractivity contribution is 0.0317. The summed E-state index contributed by atoms with van der Waals surface area (Å²) in [7, 11) is 0.0288. The molecule has 6 nitrogen and oxygen atoms in total. The highest BCUT2D eigenvalue weighted by Gasteiger charge is 2.36. The molecular weight excluding hydrogens is 398 g/mol. The molecule has 8 heteroatoms. The number of benzene rings is 1. The maximum Gasteiger partial charge on any atom is 0.255 e. The highest BCUT2D eigenvalue weighted by Crippen LogP contribution is 2.31. The van der Waals surface area contributed by atoms with Crippen LogP contribution in [-0.4, -0.2) is 74.2 Å². The molecule has 0 bridgehead atoms. The minimum Gasteiger partial charge on any atom is -0.338 e. The fraction of sp³-hybridized carbons (Fsp3) is 0.650. The van der Waals surface area contributed by atoms with E-state index in [4.69, 9.17) is 11.6 Å². The fourth-order valence-corrected chi connectivity index (χ4v) is 5.87. The molecule has 156 valence electrons. The first-order chi connectivity index (χ1) is 13.1. The van der Waals surface area contributed by atoms with E-state index in [1.807, 2.05) is 18.7 Å². The number of carbonyl (C=O) groups is 1. The molecule has 28 heavy (non-hydrogen) atoms. The first kappa shape index (κ1) is 21.6. The van der Waals surface area contributed by atoms with Crippen molar-refractivity contribution in [1.29, 1.82) is 0 Å². The van der Waals surface area contributed by atoms with Gasteiger partial charge in [-0.05, 0) is 70.8 Å². The summed E-state index contributed by atoms with van der Waals surface area (Å²) in [5, 5.41) is 0.291. The number of halogens is 1. The first-order valence-corrected chi connectivity index (χ1v) is 11.7. The second-order valence-corrected chi connectivity index (χ2v) is 10.7. The van der Waals surface area contributed by atoms with E-state index in [2.05, 4.69) is 11.9 Å². The van der Waals surface area contributed by atoms with Crippen LogP contribution < -0.4 is 0 Å². The van der Waals surface area contributed by atoms with Crippen LogP contribution in [0.3, 0.4) is 0 Å². The number of carbonyl (C=O) groups excluding carboxylic acids is 1. The number of nitrogens with zero attached hydrogens (tertiary/aromatic N) is 3. The highest BCUT2D eigenvalue weighted by atomic mass is 35.5. The van der Waals surface area contributed by atoms with Gasteiger partial charge in [0.2, 0.25) is 10.0 Å². The van der Waals surface area contributed by atoms with Gasteiger partial charge >= 0.3 is 0 Å². The summed E-state index contributed by atoms with van der Waals surface area (Å²) in [4.78, 5) is 17.5. The molecule has 0 unspecified atom stereocenters. The quantitative estimate of drug-likeness (QED) is 0.741. The van der Waals surface area contributed by atoms with Crippen LogP contribution in [0.1, 0.15) is 43.5 Å². The second-order valence-electron chi connectivity index (χ2n) is 8.25. The zero-order chi connectivity index (χ0) is 20.6. The van der Waals surface area contributed by atoms with Gasteiger partial charge in [-0.1, -0.05) is 11.6 Å². The zero-order valence-electron chi connectivity index (χ0n) is 17.1. The molecule has 1 amide bonds. The molecule has 2 aliphatic heterocycles. The van der Waals surface area contributed by atoms with Crippen LogP contribution in [0.5, 0.6) is 0 Å². The maximum absolute atomic E-state index is 13.2. The van der Waals surface area contributed by atoms with E-state index in [-0.39, 0.29) is 22.4 Å². The van der Waals surface area contributed by atoms with E-state index in [0.29, 0.717) is 30.1 Å². The van der Waals surface area contributed by atoms with Crippen LogP contribution in [0.15, 0.2) is 23.1 Å². The van der Waals surface area contributed by atoms with E-state index < -0.39 is 10.0 Å². The number of likely N-dealkylation sites (tertiary alicyclic amines) is 2. The molecule has 2 fully saturated rings. The second kappa shape index (κ2) is 8.30. The number of piperidine rings is 2. The normalized spacial score (nSPS) is 23.9. The van der Waals surface area contributed by atoms with Crippen molar-refractivity contribution in [3.63, 3.8) is 0 Å². The SMILES string of the molecule is CC(C)N(C)S(=O)(=O)c1ccc(Cl)c(C(=O)N2CC[C@H]3[C@@H](CCCN3C)C2)c1. The summed E-state index contributed by atoms with van der Waals surface area (Å²) in [5.41, 5.74) is 0.266. The third kappa shape index (κ3) is 4.08. The van der Waals surface area contributed by atoms with E-state index in [1.165, 1.54) is 22.5 Å². The van der Waals surface area contributed by atoms with Crippen molar-refractivity contribution >= 4 is 27.5 Å². The molecule has 2 saturated heterocycles. The molecule has 0 spiro atoms. The summed E-state index contributed by atoms with van der Waals surface area (Å²) >= 11 is 6.30. The van der Waals surface area contributed by atoms with Crippen LogP contribution in [0.4, 0.5) is 0 Å². The maximum atomic E-state index is 13.2. The van der Waals surface area contributed by atoms with Gasteiger partial charge in [0.05, 0.1) is 15.5 Å². The van der Waals surface area contributed by atoms with E-state index in [1.54, 1.807) is 7.05 Å². The molecule has 1 aromatic rings. The van der Waals surface area contributed by atoms with Gasteiger partial charge in [0, 0.05) is 32.2 Å². The predicted molar refractivity (Wildman–Crippen MR) is 111 cm³/mol. The van der Waals surface area contributed by atoms with Gasteiger partial charge in [0.25, 0.3) is 5.91 Å². The fourth-order valence-electron chi connectivity index (χ4n) is 4.28. The first-order valence-electron chi connectivity index (χ1n) is 9.90. The molecule has 3 rings (SSSR count). The van der Waals surface area contributed by atoms with Gasteiger partial charge in [-0.25, -0.2) is 8.42 Å². The summed E-state index contributed by atoms with van der Waals surface area (Å²) in [6, 6.07) is 4.76. The Morgan fingerprint density at radius 1 is 1.25 bits per heavy atom. The van der Waals surface area contributed by atoms with Crippen molar-refractivity contribution in [3.8, 4) is 0 Å². The number of rotatable bonds is 4. The van der Waals surface area contributed by atoms with Crippen molar-refractivity contribution < 1.29 is 13.2 Å². The van der Waals surface area contributed by atoms with Crippen molar-refractivity contribution in [1.82, 2.24) is 14.1 Å². The Labute approximate surface area is 173 Å². The molecule has 0 radical (unpaired) electrons. The molecule has 2 heterocycles. The Balaban J connectivity index is 1.84. The summed E-state index contributed by atoms with van der Waals surface area (Å²) in [6.07, 6.45) is 3.22. The Kier molecular flexibility index (Phi) is 6.39. The molecule has 2 aliphatic rings. The van der Waals surface area contributed by atoms with Gasteiger partial charge in [0.15, 0.2) is 0 Å². The van der Waals surface area contributed by atoms with E-state index in [0.717, 1.165) is 25.8 Å². The zero-order valence-corrected chi connectivity index (χ0v) is 18.6. The topological polar surface area (TPSA) is 60.9 Å². The minimum absolute atomic E-state index is 0.101. The van der Waals surface area contributed by atoms with Gasteiger partial charge in [-0.2, -0.15) is 4.31 Å². The average molecular weight is 428 g/mol. The van der Waals surface area contributed by atoms with Crippen LogP contribution in [0, 0.1) is 5.92 Å². The molecule has 0 aliphatic carbocycles. The van der Waals surface area contributed by atoms with Crippen LogP contribution in [0.2, 0.25) is 5.02 Å². The number of hydrogen-bond acceptors (Lipinski definition) is 4. The number of amides is 1.